The number of ether oxygens (including phenoxy) is 3. The summed E-state index contributed by atoms with van der Waals surface area (Å²) in [5.74, 6) is 2.20. The summed E-state index contributed by atoms with van der Waals surface area (Å²) < 4.78 is 16.7. The SMILES string of the molecule is COc1cccc(OCC2CCOCC2)c1C(C)N. The van der Waals surface area contributed by atoms with Crippen molar-refractivity contribution in [2.24, 2.45) is 11.7 Å². The van der Waals surface area contributed by atoms with E-state index in [9.17, 15) is 0 Å². The van der Waals surface area contributed by atoms with E-state index in [1.165, 1.54) is 0 Å². The third kappa shape index (κ3) is 3.61. The molecule has 1 heterocycles. The van der Waals surface area contributed by atoms with Crippen LogP contribution >= 0.6 is 0 Å². The molecule has 0 bridgehead atoms. The van der Waals surface area contributed by atoms with Gasteiger partial charge in [0.05, 0.1) is 19.3 Å². The summed E-state index contributed by atoms with van der Waals surface area (Å²) in [4.78, 5) is 0. The van der Waals surface area contributed by atoms with E-state index in [0.29, 0.717) is 5.92 Å². The van der Waals surface area contributed by atoms with E-state index in [2.05, 4.69) is 0 Å². The zero-order chi connectivity index (χ0) is 13.7. The molecule has 0 amide bonds. The zero-order valence-corrected chi connectivity index (χ0v) is 11.7. The van der Waals surface area contributed by atoms with Gasteiger partial charge in [-0.15, -0.1) is 0 Å². The molecule has 0 aromatic heterocycles. The van der Waals surface area contributed by atoms with E-state index in [4.69, 9.17) is 19.9 Å². The van der Waals surface area contributed by atoms with Crippen molar-refractivity contribution in [1.82, 2.24) is 0 Å². The highest BCUT2D eigenvalue weighted by Crippen LogP contribution is 2.33. The summed E-state index contributed by atoms with van der Waals surface area (Å²) in [6.07, 6.45) is 2.13. The maximum absolute atomic E-state index is 6.02. The number of rotatable bonds is 5. The normalized spacial score (nSPS) is 18.1. The first-order valence-corrected chi connectivity index (χ1v) is 6.85. The van der Waals surface area contributed by atoms with Gasteiger partial charge in [0.2, 0.25) is 0 Å². The lowest BCUT2D eigenvalue weighted by Gasteiger charge is -2.23. The fourth-order valence-electron chi connectivity index (χ4n) is 2.40. The molecule has 0 spiro atoms. The standard InChI is InChI=1S/C15H23NO3/c1-11(16)15-13(17-2)4-3-5-14(15)19-10-12-6-8-18-9-7-12/h3-5,11-12H,6-10,16H2,1-2H3. The third-order valence-electron chi connectivity index (χ3n) is 3.52. The zero-order valence-electron chi connectivity index (χ0n) is 11.7. The van der Waals surface area contributed by atoms with Crippen molar-refractivity contribution in [3.05, 3.63) is 23.8 Å². The minimum absolute atomic E-state index is 0.110. The topological polar surface area (TPSA) is 53.7 Å². The van der Waals surface area contributed by atoms with E-state index in [0.717, 1.165) is 49.7 Å². The average Bonchev–Trinajstić information content (AvgIpc) is 2.45. The van der Waals surface area contributed by atoms with Gasteiger partial charge in [0.1, 0.15) is 11.5 Å². The lowest BCUT2D eigenvalue weighted by atomic mass is 10.0. The second-order valence-corrected chi connectivity index (χ2v) is 5.03. The molecule has 2 N–H and O–H groups in total. The summed E-state index contributed by atoms with van der Waals surface area (Å²) in [5.41, 5.74) is 6.96. The maximum Gasteiger partial charge on any atom is 0.127 e. The van der Waals surface area contributed by atoms with Crippen LogP contribution in [0.5, 0.6) is 11.5 Å². The van der Waals surface area contributed by atoms with Crippen LogP contribution in [0.2, 0.25) is 0 Å². The molecule has 0 radical (unpaired) electrons. The van der Waals surface area contributed by atoms with Crippen molar-refractivity contribution in [2.75, 3.05) is 26.9 Å². The Labute approximate surface area is 114 Å². The van der Waals surface area contributed by atoms with E-state index in [1.54, 1.807) is 7.11 Å². The highest BCUT2D eigenvalue weighted by molar-refractivity contribution is 5.46. The van der Waals surface area contributed by atoms with Crippen molar-refractivity contribution in [1.29, 1.82) is 0 Å². The Morgan fingerprint density at radius 1 is 1.32 bits per heavy atom. The summed E-state index contributed by atoms with van der Waals surface area (Å²) in [7, 11) is 1.66. The van der Waals surface area contributed by atoms with E-state index >= 15 is 0 Å². The first-order valence-electron chi connectivity index (χ1n) is 6.85. The first-order chi connectivity index (χ1) is 9.22. The number of nitrogens with two attached hydrogens (primary N) is 1. The molecule has 1 fully saturated rings. The van der Waals surface area contributed by atoms with E-state index in [1.807, 2.05) is 25.1 Å². The molecule has 1 aromatic carbocycles. The van der Waals surface area contributed by atoms with Crippen LogP contribution in [0.1, 0.15) is 31.4 Å². The van der Waals surface area contributed by atoms with Gasteiger partial charge in [0.25, 0.3) is 0 Å². The van der Waals surface area contributed by atoms with Crippen LogP contribution in [-0.2, 0) is 4.74 Å². The fourth-order valence-corrected chi connectivity index (χ4v) is 2.40. The van der Waals surface area contributed by atoms with Crippen LogP contribution in [0.4, 0.5) is 0 Å². The average molecular weight is 265 g/mol. The summed E-state index contributed by atoms with van der Waals surface area (Å²) in [6, 6.07) is 5.70. The van der Waals surface area contributed by atoms with Gasteiger partial charge in [0, 0.05) is 19.3 Å². The minimum atomic E-state index is -0.110. The van der Waals surface area contributed by atoms with Crippen molar-refractivity contribution in [3.8, 4) is 11.5 Å². The van der Waals surface area contributed by atoms with Crippen molar-refractivity contribution in [2.45, 2.75) is 25.8 Å². The molecule has 1 aliphatic heterocycles. The molecule has 4 heteroatoms. The lowest BCUT2D eigenvalue weighted by molar-refractivity contribution is 0.0495. The number of hydrogen-bond acceptors (Lipinski definition) is 4. The highest BCUT2D eigenvalue weighted by atomic mass is 16.5. The van der Waals surface area contributed by atoms with Crippen LogP contribution in [-0.4, -0.2) is 26.9 Å². The molecule has 2 rings (SSSR count). The Balaban J connectivity index is 2.06. The van der Waals surface area contributed by atoms with Crippen molar-refractivity contribution < 1.29 is 14.2 Å². The Morgan fingerprint density at radius 2 is 2.00 bits per heavy atom. The molecule has 1 atom stereocenters. The molecule has 1 aromatic rings. The van der Waals surface area contributed by atoms with E-state index in [-0.39, 0.29) is 6.04 Å². The fraction of sp³-hybridized carbons (Fsp3) is 0.600. The third-order valence-corrected chi connectivity index (χ3v) is 3.52. The van der Waals surface area contributed by atoms with Gasteiger partial charge in [0.15, 0.2) is 0 Å². The predicted molar refractivity (Wildman–Crippen MR) is 74.6 cm³/mol. The van der Waals surface area contributed by atoms with E-state index < -0.39 is 0 Å². The quantitative estimate of drug-likeness (QED) is 0.889. The lowest BCUT2D eigenvalue weighted by Crippen LogP contribution is -2.22. The second kappa shape index (κ2) is 6.78. The van der Waals surface area contributed by atoms with Gasteiger partial charge < -0.3 is 19.9 Å². The van der Waals surface area contributed by atoms with Crippen molar-refractivity contribution >= 4 is 0 Å². The van der Waals surface area contributed by atoms with Crippen LogP contribution < -0.4 is 15.2 Å². The largest absolute Gasteiger partial charge is 0.496 e. The van der Waals surface area contributed by atoms with Crippen LogP contribution in [0.25, 0.3) is 0 Å². The molecular weight excluding hydrogens is 242 g/mol. The molecular formula is C15H23NO3. The van der Waals surface area contributed by atoms with Gasteiger partial charge in [-0.2, -0.15) is 0 Å². The first kappa shape index (κ1) is 14.2. The predicted octanol–water partition coefficient (Wildman–Crippen LogP) is 2.52. The Hall–Kier alpha value is -1.26. The Bertz CT molecular complexity index is 400. The molecule has 1 aliphatic rings. The molecule has 106 valence electrons. The van der Waals surface area contributed by atoms with Crippen LogP contribution in [0, 0.1) is 5.92 Å². The Kier molecular flexibility index (Phi) is 5.05. The number of methoxy groups -OCH3 is 1. The van der Waals surface area contributed by atoms with Gasteiger partial charge in [-0.1, -0.05) is 6.07 Å². The minimum Gasteiger partial charge on any atom is -0.496 e. The van der Waals surface area contributed by atoms with Gasteiger partial charge in [-0.3, -0.25) is 0 Å². The highest BCUT2D eigenvalue weighted by Gasteiger charge is 2.18. The molecule has 1 saturated heterocycles. The van der Waals surface area contributed by atoms with Gasteiger partial charge >= 0.3 is 0 Å². The smallest absolute Gasteiger partial charge is 0.127 e. The van der Waals surface area contributed by atoms with Crippen LogP contribution in [0.15, 0.2) is 18.2 Å². The second-order valence-electron chi connectivity index (χ2n) is 5.03. The Morgan fingerprint density at radius 3 is 2.63 bits per heavy atom. The number of benzene rings is 1. The van der Waals surface area contributed by atoms with Crippen molar-refractivity contribution in [3.63, 3.8) is 0 Å². The summed E-state index contributed by atoms with van der Waals surface area (Å²) >= 11 is 0. The maximum atomic E-state index is 6.02. The molecule has 0 saturated carbocycles. The monoisotopic (exact) mass is 265 g/mol. The molecule has 19 heavy (non-hydrogen) atoms. The number of hydrogen-bond donors (Lipinski definition) is 1. The van der Waals surface area contributed by atoms with Gasteiger partial charge in [-0.25, -0.2) is 0 Å². The molecule has 4 nitrogen and oxygen atoms in total. The molecule has 1 unspecified atom stereocenters. The van der Waals surface area contributed by atoms with Gasteiger partial charge in [-0.05, 0) is 37.8 Å². The summed E-state index contributed by atoms with van der Waals surface area (Å²) in [6.45, 7) is 4.34. The van der Waals surface area contributed by atoms with Crippen LogP contribution in [0.3, 0.4) is 0 Å². The molecule has 0 aliphatic carbocycles. The summed E-state index contributed by atoms with van der Waals surface area (Å²) in [5, 5.41) is 0.